The van der Waals surface area contributed by atoms with Crippen LogP contribution in [0.25, 0.3) is 11.0 Å². The molecule has 25 heavy (non-hydrogen) atoms. The van der Waals surface area contributed by atoms with Crippen molar-refractivity contribution in [3.05, 3.63) is 23.8 Å². The van der Waals surface area contributed by atoms with Crippen LogP contribution in [0.3, 0.4) is 0 Å². The van der Waals surface area contributed by atoms with Gasteiger partial charge in [-0.2, -0.15) is 0 Å². The average Bonchev–Trinajstić information content (AvgIpc) is 3.07. The summed E-state index contributed by atoms with van der Waals surface area (Å²) in [5, 5.41) is 10.9. The van der Waals surface area contributed by atoms with Crippen molar-refractivity contribution in [2.75, 3.05) is 13.2 Å². The number of carbonyl (C=O) groups is 2. The van der Waals surface area contributed by atoms with Crippen LogP contribution < -0.4 is 5.32 Å². The molecule has 0 saturated heterocycles. The van der Waals surface area contributed by atoms with E-state index in [1.54, 1.807) is 22.9 Å². The number of aryl methyl sites for hydroxylation is 1. The molecular formula is C18H24N4O3. The number of amides is 1. The smallest absolute Gasteiger partial charge is 0.338 e. The van der Waals surface area contributed by atoms with Crippen molar-refractivity contribution in [1.82, 2.24) is 20.3 Å². The summed E-state index contributed by atoms with van der Waals surface area (Å²) >= 11 is 0. The minimum Gasteiger partial charge on any atom is -0.452 e. The minimum atomic E-state index is -0.527. The number of nitrogens with zero attached hydrogens (tertiary/aromatic N) is 3. The van der Waals surface area contributed by atoms with Gasteiger partial charge in [0.2, 0.25) is 0 Å². The van der Waals surface area contributed by atoms with Crippen molar-refractivity contribution in [2.45, 2.75) is 45.6 Å². The van der Waals surface area contributed by atoms with Crippen LogP contribution in [-0.4, -0.2) is 40.0 Å². The number of esters is 1. The van der Waals surface area contributed by atoms with Crippen LogP contribution >= 0.6 is 0 Å². The van der Waals surface area contributed by atoms with Gasteiger partial charge in [0, 0.05) is 13.1 Å². The van der Waals surface area contributed by atoms with Crippen molar-refractivity contribution in [3.8, 4) is 0 Å². The van der Waals surface area contributed by atoms with Gasteiger partial charge in [-0.15, -0.1) is 5.10 Å². The number of aromatic nitrogens is 3. The molecule has 1 heterocycles. The van der Waals surface area contributed by atoms with Gasteiger partial charge < -0.3 is 10.1 Å². The maximum absolute atomic E-state index is 12.1. The summed E-state index contributed by atoms with van der Waals surface area (Å²) in [6, 6.07) is 5.09. The molecular weight excluding hydrogens is 320 g/mol. The molecule has 1 aromatic heterocycles. The van der Waals surface area contributed by atoms with E-state index in [0.717, 1.165) is 5.52 Å². The number of hydrogen-bond donors (Lipinski definition) is 1. The third-order valence-electron chi connectivity index (χ3n) is 4.70. The second kappa shape index (κ2) is 8.09. The Hall–Kier alpha value is -2.44. The normalized spacial score (nSPS) is 15.2. The van der Waals surface area contributed by atoms with Gasteiger partial charge in [0.25, 0.3) is 5.91 Å². The molecule has 7 heteroatoms. The molecule has 7 nitrogen and oxygen atoms in total. The molecule has 1 saturated carbocycles. The highest BCUT2D eigenvalue weighted by Crippen LogP contribution is 2.22. The molecule has 0 unspecified atom stereocenters. The van der Waals surface area contributed by atoms with Crippen LogP contribution in [0.1, 0.15) is 49.4 Å². The lowest BCUT2D eigenvalue weighted by Crippen LogP contribution is -2.33. The van der Waals surface area contributed by atoms with Gasteiger partial charge in [-0.25, -0.2) is 9.48 Å². The van der Waals surface area contributed by atoms with Crippen molar-refractivity contribution < 1.29 is 14.3 Å². The molecule has 2 aromatic rings. The van der Waals surface area contributed by atoms with Crippen molar-refractivity contribution in [1.29, 1.82) is 0 Å². The first-order chi connectivity index (χ1) is 12.2. The topological polar surface area (TPSA) is 86.1 Å². The number of carbonyl (C=O) groups excluding carboxylic acids is 2. The second-order valence-corrected chi connectivity index (χ2v) is 6.49. The Balaban J connectivity index is 1.49. The molecule has 0 spiro atoms. The van der Waals surface area contributed by atoms with Gasteiger partial charge in [-0.05, 0) is 43.9 Å². The summed E-state index contributed by atoms with van der Waals surface area (Å²) in [7, 11) is 0. The molecule has 1 fully saturated rings. The molecule has 1 aromatic carbocycles. The average molecular weight is 344 g/mol. The zero-order valence-corrected chi connectivity index (χ0v) is 14.5. The summed E-state index contributed by atoms with van der Waals surface area (Å²) < 4.78 is 6.86. The zero-order valence-electron chi connectivity index (χ0n) is 14.5. The van der Waals surface area contributed by atoms with Crippen LogP contribution in [0, 0.1) is 5.92 Å². The second-order valence-electron chi connectivity index (χ2n) is 6.49. The SMILES string of the molecule is CCn1nnc2cc(C(=O)OCC(=O)NCC3CCCCC3)ccc21. The zero-order chi connectivity index (χ0) is 17.6. The van der Waals surface area contributed by atoms with Gasteiger partial charge >= 0.3 is 5.97 Å². The largest absolute Gasteiger partial charge is 0.452 e. The van der Waals surface area contributed by atoms with E-state index in [9.17, 15) is 9.59 Å². The number of rotatable bonds is 6. The Bertz CT molecular complexity index is 750. The van der Waals surface area contributed by atoms with E-state index in [1.807, 2.05) is 6.92 Å². The number of hydrogen-bond acceptors (Lipinski definition) is 5. The van der Waals surface area contributed by atoms with Crippen LogP contribution in [-0.2, 0) is 16.1 Å². The molecule has 0 bridgehead atoms. The Morgan fingerprint density at radius 2 is 2.08 bits per heavy atom. The molecule has 3 rings (SSSR count). The van der Waals surface area contributed by atoms with Crippen molar-refractivity contribution in [2.24, 2.45) is 5.92 Å². The molecule has 1 aliphatic carbocycles. The molecule has 1 aliphatic rings. The van der Waals surface area contributed by atoms with Gasteiger partial charge in [0.1, 0.15) is 5.52 Å². The molecule has 0 atom stereocenters. The Labute approximate surface area is 146 Å². The van der Waals surface area contributed by atoms with E-state index >= 15 is 0 Å². The van der Waals surface area contributed by atoms with E-state index in [-0.39, 0.29) is 12.5 Å². The molecule has 134 valence electrons. The van der Waals surface area contributed by atoms with Crippen LogP contribution in [0.15, 0.2) is 18.2 Å². The van der Waals surface area contributed by atoms with E-state index in [4.69, 9.17) is 4.74 Å². The Morgan fingerprint density at radius 3 is 2.84 bits per heavy atom. The summed E-state index contributed by atoms with van der Waals surface area (Å²) in [5.41, 5.74) is 1.87. The summed E-state index contributed by atoms with van der Waals surface area (Å²) in [6.07, 6.45) is 6.09. The molecule has 0 aliphatic heterocycles. The first kappa shape index (κ1) is 17.4. The first-order valence-electron chi connectivity index (χ1n) is 8.94. The van der Waals surface area contributed by atoms with Gasteiger partial charge in [-0.1, -0.05) is 24.5 Å². The lowest BCUT2D eigenvalue weighted by molar-refractivity contribution is -0.124. The summed E-state index contributed by atoms with van der Waals surface area (Å²) in [5.74, 6) is -0.227. The minimum absolute atomic E-state index is 0.253. The lowest BCUT2D eigenvalue weighted by atomic mass is 9.89. The fraction of sp³-hybridized carbons (Fsp3) is 0.556. The van der Waals surface area contributed by atoms with E-state index in [1.165, 1.54) is 32.1 Å². The highest BCUT2D eigenvalue weighted by molar-refractivity contribution is 5.94. The third kappa shape index (κ3) is 4.35. The summed E-state index contributed by atoms with van der Waals surface area (Å²) in [4.78, 5) is 24.0. The predicted molar refractivity (Wildman–Crippen MR) is 93.1 cm³/mol. The van der Waals surface area contributed by atoms with Crippen LogP contribution in [0.4, 0.5) is 0 Å². The quantitative estimate of drug-likeness (QED) is 0.813. The van der Waals surface area contributed by atoms with E-state index in [0.29, 0.717) is 30.1 Å². The fourth-order valence-corrected chi connectivity index (χ4v) is 3.25. The lowest BCUT2D eigenvalue weighted by Gasteiger charge is -2.21. The number of ether oxygens (including phenoxy) is 1. The number of fused-ring (bicyclic) bond motifs is 1. The van der Waals surface area contributed by atoms with Gasteiger partial charge in [0.15, 0.2) is 6.61 Å². The van der Waals surface area contributed by atoms with Gasteiger partial charge in [0.05, 0.1) is 11.1 Å². The maximum Gasteiger partial charge on any atom is 0.338 e. The number of nitrogens with one attached hydrogen (secondary N) is 1. The van der Waals surface area contributed by atoms with Gasteiger partial charge in [-0.3, -0.25) is 4.79 Å². The first-order valence-corrected chi connectivity index (χ1v) is 8.94. The standard InChI is InChI=1S/C18H24N4O3/c1-2-22-16-9-8-14(10-15(16)20-21-22)18(24)25-12-17(23)19-11-13-6-4-3-5-7-13/h8-10,13H,2-7,11-12H2,1H3,(H,19,23). The summed E-state index contributed by atoms with van der Waals surface area (Å²) in [6.45, 7) is 3.09. The molecule has 1 amide bonds. The van der Waals surface area contributed by atoms with Crippen molar-refractivity contribution in [3.63, 3.8) is 0 Å². The monoisotopic (exact) mass is 344 g/mol. The van der Waals surface area contributed by atoms with Crippen molar-refractivity contribution >= 4 is 22.9 Å². The predicted octanol–water partition coefficient (Wildman–Crippen LogP) is 2.30. The number of benzene rings is 1. The fourth-order valence-electron chi connectivity index (χ4n) is 3.25. The molecule has 1 N–H and O–H groups in total. The van der Waals surface area contributed by atoms with Crippen LogP contribution in [0.2, 0.25) is 0 Å². The highest BCUT2D eigenvalue weighted by Gasteiger charge is 2.16. The Kier molecular flexibility index (Phi) is 5.63. The maximum atomic E-state index is 12.1. The molecule has 0 radical (unpaired) electrons. The highest BCUT2D eigenvalue weighted by atomic mass is 16.5. The van der Waals surface area contributed by atoms with E-state index in [2.05, 4.69) is 15.6 Å². The van der Waals surface area contributed by atoms with Crippen LogP contribution in [0.5, 0.6) is 0 Å². The van der Waals surface area contributed by atoms with E-state index < -0.39 is 5.97 Å². The Morgan fingerprint density at radius 1 is 1.28 bits per heavy atom. The third-order valence-corrected chi connectivity index (χ3v) is 4.70.